The number of carbonyl (C=O) groups is 4. The largest absolute Gasteiger partial charge is 0.473 e. The van der Waals surface area contributed by atoms with E-state index in [1.807, 2.05) is 0 Å². The fraction of sp³-hybridized carbons (Fsp3) is 0.458. The molecule has 3 N–H and O–H groups in total. The van der Waals surface area contributed by atoms with Gasteiger partial charge in [-0.3, -0.25) is 19.4 Å². The number of amides is 1. The molecule has 11 heteroatoms. The zero-order valence-electron chi connectivity index (χ0n) is 20.4. The average Bonchev–Trinajstić information content (AvgIpc) is 3.25. The number of carboxylic acids is 2. The van der Waals surface area contributed by atoms with Gasteiger partial charge in [0.2, 0.25) is 5.91 Å². The van der Waals surface area contributed by atoms with Gasteiger partial charge < -0.3 is 15.5 Å². The van der Waals surface area contributed by atoms with Crippen molar-refractivity contribution in [2.45, 2.75) is 39.7 Å². The molecule has 2 heterocycles. The summed E-state index contributed by atoms with van der Waals surface area (Å²) in [6.07, 6.45) is 0. The molecule has 10 nitrogen and oxygen atoms in total. The van der Waals surface area contributed by atoms with Gasteiger partial charge in [-0.05, 0) is 31.2 Å². The van der Waals surface area contributed by atoms with Crippen molar-refractivity contribution in [3.63, 3.8) is 0 Å². The van der Waals surface area contributed by atoms with Gasteiger partial charge in [0.1, 0.15) is 5.01 Å². The number of nitrogens with zero attached hydrogens (tertiary/aromatic N) is 3. The lowest BCUT2D eigenvalue weighted by Crippen LogP contribution is -2.48. The molecular weight excluding hydrogens is 472 g/mol. The van der Waals surface area contributed by atoms with E-state index in [2.05, 4.69) is 41.3 Å². The molecule has 1 aromatic heterocycles. The summed E-state index contributed by atoms with van der Waals surface area (Å²) in [5.74, 6) is -3.65. The van der Waals surface area contributed by atoms with Gasteiger partial charge in [-0.1, -0.05) is 20.8 Å². The molecule has 1 saturated heterocycles. The van der Waals surface area contributed by atoms with E-state index < -0.39 is 11.9 Å². The molecule has 0 spiro atoms. The second kappa shape index (κ2) is 12.5. The lowest BCUT2D eigenvalue weighted by molar-refractivity contribution is -0.159. The smallest absolute Gasteiger partial charge is 0.414 e. The molecule has 35 heavy (non-hydrogen) atoms. The fourth-order valence-corrected chi connectivity index (χ4v) is 4.28. The van der Waals surface area contributed by atoms with Crippen LogP contribution in [0.15, 0.2) is 29.6 Å². The van der Waals surface area contributed by atoms with E-state index in [0.29, 0.717) is 12.1 Å². The fourth-order valence-electron chi connectivity index (χ4n) is 3.22. The zero-order chi connectivity index (χ0) is 26.2. The summed E-state index contributed by atoms with van der Waals surface area (Å²) in [4.78, 5) is 51.2. The van der Waals surface area contributed by atoms with E-state index >= 15 is 0 Å². The third-order valence-corrected chi connectivity index (χ3v) is 6.10. The van der Waals surface area contributed by atoms with Crippen LogP contribution in [0.25, 0.3) is 0 Å². The number of nitrogens with one attached hydrogen (secondary N) is 1. The molecule has 190 valence electrons. The summed E-state index contributed by atoms with van der Waals surface area (Å²) in [5, 5.41) is 21.0. The predicted molar refractivity (Wildman–Crippen MR) is 133 cm³/mol. The first-order valence-electron chi connectivity index (χ1n) is 11.1. The monoisotopic (exact) mass is 504 g/mol. The Morgan fingerprint density at radius 2 is 1.51 bits per heavy atom. The molecule has 1 fully saturated rings. The van der Waals surface area contributed by atoms with Gasteiger partial charge >= 0.3 is 11.9 Å². The quantitative estimate of drug-likeness (QED) is 0.400. The van der Waals surface area contributed by atoms with Crippen molar-refractivity contribution < 1.29 is 29.4 Å². The lowest BCUT2D eigenvalue weighted by Gasteiger charge is -2.33. The normalized spacial score (nSPS) is 14.5. The van der Waals surface area contributed by atoms with Crippen molar-refractivity contribution in [2.75, 3.05) is 38.0 Å². The highest BCUT2D eigenvalue weighted by Gasteiger charge is 2.22. The van der Waals surface area contributed by atoms with Crippen LogP contribution in [0.4, 0.5) is 5.69 Å². The van der Waals surface area contributed by atoms with Gasteiger partial charge in [-0.15, -0.1) is 11.3 Å². The molecule has 0 atom stereocenters. The second-order valence-electron chi connectivity index (χ2n) is 9.22. The number of thiazole rings is 1. The predicted octanol–water partition coefficient (Wildman–Crippen LogP) is 2.56. The first-order chi connectivity index (χ1) is 16.3. The number of anilines is 1. The number of ketones is 1. The highest BCUT2D eigenvalue weighted by molar-refractivity contribution is 7.09. The number of rotatable bonds is 6. The molecule has 1 aliphatic heterocycles. The Morgan fingerprint density at radius 3 is 1.97 bits per heavy atom. The Balaban J connectivity index is 0.000000641. The molecule has 1 aromatic carbocycles. The Morgan fingerprint density at radius 1 is 0.971 bits per heavy atom. The number of carboxylic acid groups (broad SMARTS) is 2. The summed E-state index contributed by atoms with van der Waals surface area (Å²) in [7, 11) is 0. The van der Waals surface area contributed by atoms with Crippen molar-refractivity contribution in [1.29, 1.82) is 0 Å². The average molecular weight is 505 g/mol. The molecule has 1 amide bonds. The number of aromatic nitrogens is 1. The Labute approximate surface area is 208 Å². The van der Waals surface area contributed by atoms with Gasteiger partial charge in [-0.2, -0.15) is 0 Å². The number of carbonyl (C=O) groups excluding carboxylic acids is 2. The summed E-state index contributed by atoms with van der Waals surface area (Å²) in [6, 6.07) is 7.01. The first kappa shape index (κ1) is 28.1. The van der Waals surface area contributed by atoms with Gasteiger partial charge in [0.15, 0.2) is 5.78 Å². The number of aliphatic carboxylic acids is 2. The minimum absolute atomic E-state index is 0.0214. The lowest BCUT2D eigenvalue weighted by atomic mass is 9.93. The molecule has 0 saturated carbocycles. The number of hydrogen-bond acceptors (Lipinski definition) is 8. The Kier molecular flexibility index (Phi) is 10.1. The third-order valence-electron chi connectivity index (χ3n) is 5.27. The summed E-state index contributed by atoms with van der Waals surface area (Å²) in [6.45, 7) is 13.0. The van der Waals surface area contributed by atoms with Crippen LogP contribution >= 0.6 is 11.3 Å². The van der Waals surface area contributed by atoms with Gasteiger partial charge in [0.25, 0.3) is 0 Å². The highest BCUT2D eigenvalue weighted by Crippen LogP contribution is 2.24. The van der Waals surface area contributed by atoms with Crippen molar-refractivity contribution in [3.8, 4) is 0 Å². The Hall–Kier alpha value is -3.15. The second-order valence-corrected chi connectivity index (χ2v) is 10.2. The number of hydrogen-bond donors (Lipinski definition) is 3. The van der Waals surface area contributed by atoms with Crippen LogP contribution in [0.1, 0.15) is 48.8 Å². The van der Waals surface area contributed by atoms with Crippen molar-refractivity contribution in [1.82, 2.24) is 14.8 Å². The minimum atomic E-state index is -1.82. The highest BCUT2D eigenvalue weighted by atomic mass is 32.1. The van der Waals surface area contributed by atoms with Crippen LogP contribution in [-0.2, 0) is 26.3 Å². The molecule has 3 rings (SSSR count). The maximum Gasteiger partial charge on any atom is 0.414 e. The van der Waals surface area contributed by atoms with Crippen LogP contribution in [-0.4, -0.2) is 81.3 Å². The van der Waals surface area contributed by atoms with Gasteiger partial charge in [0.05, 0.1) is 18.8 Å². The van der Waals surface area contributed by atoms with Crippen LogP contribution in [0.2, 0.25) is 0 Å². The van der Waals surface area contributed by atoms with E-state index in [4.69, 9.17) is 24.8 Å². The van der Waals surface area contributed by atoms with E-state index in [1.165, 1.54) is 6.92 Å². The van der Waals surface area contributed by atoms with E-state index in [0.717, 1.165) is 49.1 Å². The molecule has 2 aromatic rings. The number of Topliss-reactive ketones (excluding diaryl/α,β-unsaturated/α-hetero) is 1. The van der Waals surface area contributed by atoms with Crippen LogP contribution in [0.3, 0.4) is 0 Å². The maximum absolute atomic E-state index is 12.3. The van der Waals surface area contributed by atoms with Crippen molar-refractivity contribution >= 4 is 40.7 Å². The van der Waals surface area contributed by atoms with E-state index in [9.17, 15) is 9.59 Å². The maximum atomic E-state index is 12.3. The summed E-state index contributed by atoms with van der Waals surface area (Å²) >= 11 is 1.73. The zero-order valence-corrected chi connectivity index (χ0v) is 21.2. The van der Waals surface area contributed by atoms with Crippen LogP contribution < -0.4 is 5.32 Å². The molecule has 0 bridgehead atoms. The molecular formula is C24H32N4O6S. The standard InChI is InChI=1S/C22H30N4O2S.C2H2O4/c1-16(27)17-5-7-18(8-6-17)23-20(28)13-25-9-11-26(12-10-25)14-21-24-19(15-29-21)22(2,3)4;3-1(4)2(5)6/h5-8,15H,9-14H2,1-4H3,(H,23,28);(H,3,4)(H,5,6). The molecule has 0 radical (unpaired) electrons. The SMILES string of the molecule is CC(=O)c1ccc(NC(=O)CN2CCN(Cc3nc(C(C)(C)C)cs3)CC2)cc1.O=C(O)C(=O)O. The Bertz CT molecular complexity index is 1030. The summed E-state index contributed by atoms with van der Waals surface area (Å²) in [5.41, 5.74) is 2.61. The minimum Gasteiger partial charge on any atom is -0.473 e. The number of benzene rings is 1. The first-order valence-corrected chi connectivity index (χ1v) is 12.0. The van der Waals surface area contributed by atoms with E-state index in [-0.39, 0.29) is 17.1 Å². The van der Waals surface area contributed by atoms with Crippen molar-refractivity contribution in [3.05, 3.63) is 45.9 Å². The summed E-state index contributed by atoms with van der Waals surface area (Å²) < 4.78 is 0. The van der Waals surface area contributed by atoms with E-state index in [1.54, 1.807) is 35.6 Å². The van der Waals surface area contributed by atoms with Gasteiger partial charge in [0, 0.05) is 48.2 Å². The van der Waals surface area contributed by atoms with Crippen LogP contribution in [0.5, 0.6) is 0 Å². The number of piperazine rings is 1. The van der Waals surface area contributed by atoms with Crippen molar-refractivity contribution in [2.24, 2.45) is 0 Å². The molecule has 0 unspecified atom stereocenters. The molecule has 0 aliphatic carbocycles. The third kappa shape index (κ3) is 9.55. The topological polar surface area (TPSA) is 140 Å². The van der Waals surface area contributed by atoms with Crippen LogP contribution in [0, 0.1) is 0 Å². The van der Waals surface area contributed by atoms with Gasteiger partial charge in [-0.25, -0.2) is 14.6 Å². The molecule has 1 aliphatic rings.